The molecule has 0 bridgehead atoms. The molecule has 4 nitrogen and oxygen atoms in total. The van der Waals surface area contributed by atoms with Crippen molar-refractivity contribution < 1.29 is 19.3 Å². The molecule has 1 aliphatic rings. The Balaban J connectivity index is 1.91. The van der Waals surface area contributed by atoms with Gasteiger partial charge in [0.2, 0.25) is 0 Å². The molecule has 1 aliphatic heterocycles. The molecule has 116 valence electrons. The van der Waals surface area contributed by atoms with E-state index >= 15 is 0 Å². The van der Waals surface area contributed by atoms with Crippen LogP contribution < -0.4 is 14.2 Å². The van der Waals surface area contributed by atoms with Gasteiger partial charge in [-0.15, -0.1) is 0 Å². The Kier molecular flexibility index (Phi) is 4.09. The first-order valence-electron chi connectivity index (χ1n) is 7.50. The number of benzene rings is 2. The lowest BCUT2D eigenvalue weighted by atomic mass is 9.96. The fourth-order valence-electron chi connectivity index (χ4n) is 2.77. The number of hydrogen-bond acceptors (Lipinski definition) is 4. The highest BCUT2D eigenvalue weighted by atomic mass is 16.5. The average Bonchev–Trinajstić information content (AvgIpc) is 2.54. The highest BCUT2D eigenvalue weighted by Gasteiger charge is 2.24. The third kappa shape index (κ3) is 2.82. The molecule has 4 heteroatoms. The summed E-state index contributed by atoms with van der Waals surface area (Å²) < 4.78 is 17.0. The number of fused-ring (bicyclic) bond motifs is 1. The molecule has 0 spiro atoms. The molecule has 0 aliphatic carbocycles. The molecule has 0 saturated carbocycles. The summed E-state index contributed by atoms with van der Waals surface area (Å²) in [4.78, 5) is 0. The summed E-state index contributed by atoms with van der Waals surface area (Å²) >= 11 is 0. The summed E-state index contributed by atoms with van der Waals surface area (Å²) in [5.74, 6) is 2.52. The fraction of sp³-hybridized carbons (Fsp3) is 0.333. The Morgan fingerprint density at radius 3 is 2.86 bits per heavy atom. The van der Waals surface area contributed by atoms with Crippen molar-refractivity contribution in [2.75, 3.05) is 13.7 Å². The maximum absolute atomic E-state index is 9.65. The van der Waals surface area contributed by atoms with Crippen LogP contribution in [0.3, 0.4) is 0 Å². The van der Waals surface area contributed by atoms with Gasteiger partial charge in [0.15, 0.2) is 0 Å². The average molecular weight is 300 g/mol. The first-order chi connectivity index (χ1) is 10.7. The van der Waals surface area contributed by atoms with Crippen molar-refractivity contribution in [1.82, 2.24) is 0 Å². The van der Waals surface area contributed by atoms with E-state index in [0.29, 0.717) is 12.4 Å². The molecule has 0 radical (unpaired) electrons. The van der Waals surface area contributed by atoms with Crippen LogP contribution in [0.1, 0.15) is 30.6 Å². The van der Waals surface area contributed by atoms with Crippen LogP contribution in [0.4, 0.5) is 0 Å². The van der Waals surface area contributed by atoms with Crippen LogP contribution in [0.15, 0.2) is 36.4 Å². The largest absolute Gasteiger partial charge is 0.508 e. The fourth-order valence-corrected chi connectivity index (χ4v) is 2.77. The quantitative estimate of drug-likeness (QED) is 0.931. The monoisotopic (exact) mass is 300 g/mol. The van der Waals surface area contributed by atoms with Gasteiger partial charge in [0.1, 0.15) is 29.1 Å². The molecular formula is C18H20O4. The molecule has 1 N–H and O–H groups in total. The van der Waals surface area contributed by atoms with Gasteiger partial charge in [0.05, 0.1) is 13.7 Å². The SMILES string of the molecule is CCOc1cc(O)ccc1C1CCc2ccc(OC)cc2O1. The van der Waals surface area contributed by atoms with Crippen molar-refractivity contribution in [2.24, 2.45) is 0 Å². The normalized spacial score (nSPS) is 16.5. The molecule has 2 aromatic rings. The number of hydrogen-bond donors (Lipinski definition) is 1. The standard InChI is InChI=1S/C18H20O4/c1-3-21-18-10-13(19)6-8-15(18)16-9-5-12-4-7-14(20-2)11-17(12)22-16/h4,6-8,10-11,16,19H,3,5,9H2,1-2H3. The Morgan fingerprint density at radius 1 is 1.23 bits per heavy atom. The number of ether oxygens (including phenoxy) is 3. The number of aromatic hydroxyl groups is 1. The highest BCUT2D eigenvalue weighted by Crippen LogP contribution is 2.40. The second-order valence-corrected chi connectivity index (χ2v) is 5.27. The molecule has 0 aromatic heterocycles. The molecular weight excluding hydrogens is 280 g/mol. The number of aryl methyl sites for hydroxylation is 1. The van der Waals surface area contributed by atoms with E-state index in [0.717, 1.165) is 29.9 Å². The van der Waals surface area contributed by atoms with Crippen LogP contribution >= 0.6 is 0 Å². The third-order valence-corrected chi connectivity index (χ3v) is 3.86. The predicted octanol–water partition coefficient (Wildman–Crippen LogP) is 3.87. The van der Waals surface area contributed by atoms with Crippen LogP contribution in [0.2, 0.25) is 0 Å². The van der Waals surface area contributed by atoms with Crippen molar-refractivity contribution >= 4 is 0 Å². The van der Waals surface area contributed by atoms with E-state index in [9.17, 15) is 5.11 Å². The number of methoxy groups -OCH3 is 1. The van der Waals surface area contributed by atoms with Crippen LogP contribution in [-0.2, 0) is 6.42 Å². The first kappa shape index (κ1) is 14.6. The Bertz CT molecular complexity index is 666. The molecule has 0 amide bonds. The highest BCUT2D eigenvalue weighted by molar-refractivity contribution is 5.46. The molecule has 1 unspecified atom stereocenters. The van der Waals surface area contributed by atoms with E-state index in [4.69, 9.17) is 14.2 Å². The summed E-state index contributed by atoms with van der Waals surface area (Å²) in [5, 5.41) is 9.65. The Hall–Kier alpha value is -2.36. The van der Waals surface area contributed by atoms with Gasteiger partial charge in [-0.3, -0.25) is 0 Å². The van der Waals surface area contributed by atoms with Crippen molar-refractivity contribution in [2.45, 2.75) is 25.9 Å². The van der Waals surface area contributed by atoms with Gasteiger partial charge in [-0.05, 0) is 43.5 Å². The molecule has 0 fully saturated rings. The van der Waals surface area contributed by atoms with Crippen molar-refractivity contribution in [3.63, 3.8) is 0 Å². The van der Waals surface area contributed by atoms with Gasteiger partial charge in [-0.2, -0.15) is 0 Å². The van der Waals surface area contributed by atoms with Gasteiger partial charge in [-0.25, -0.2) is 0 Å². The van der Waals surface area contributed by atoms with E-state index in [1.165, 1.54) is 5.56 Å². The molecule has 1 atom stereocenters. The van der Waals surface area contributed by atoms with E-state index in [1.807, 2.05) is 31.2 Å². The first-order valence-corrected chi connectivity index (χ1v) is 7.50. The summed E-state index contributed by atoms with van der Waals surface area (Å²) in [5.41, 5.74) is 2.15. The Morgan fingerprint density at radius 2 is 2.09 bits per heavy atom. The smallest absolute Gasteiger partial charge is 0.129 e. The minimum atomic E-state index is -0.0817. The number of rotatable bonds is 4. The van der Waals surface area contributed by atoms with Crippen molar-refractivity contribution in [3.8, 4) is 23.0 Å². The lowest BCUT2D eigenvalue weighted by Crippen LogP contribution is -2.16. The second kappa shape index (κ2) is 6.18. The summed E-state index contributed by atoms with van der Waals surface area (Å²) in [6.45, 7) is 2.48. The topological polar surface area (TPSA) is 47.9 Å². The molecule has 3 rings (SSSR count). The van der Waals surface area contributed by atoms with Crippen LogP contribution in [0.25, 0.3) is 0 Å². The van der Waals surface area contributed by atoms with Crippen molar-refractivity contribution in [3.05, 3.63) is 47.5 Å². The zero-order valence-corrected chi connectivity index (χ0v) is 12.8. The van der Waals surface area contributed by atoms with Gasteiger partial charge in [0.25, 0.3) is 0 Å². The zero-order chi connectivity index (χ0) is 15.5. The summed E-state index contributed by atoms with van der Waals surface area (Å²) in [7, 11) is 1.65. The summed E-state index contributed by atoms with van der Waals surface area (Å²) in [6.07, 6.45) is 1.74. The van der Waals surface area contributed by atoms with Crippen LogP contribution in [-0.4, -0.2) is 18.8 Å². The lowest BCUT2D eigenvalue weighted by molar-refractivity contribution is 0.170. The second-order valence-electron chi connectivity index (χ2n) is 5.27. The molecule has 2 aromatic carbocycles. The van der Waals surface area contributed by atoms with Gasteiger partial charge >= 0.3 is 0 Å². The lowest BCUT2D eigenvalue weighted by Gasteiger charge is -2.28. The number of phenolic OH excluding ortho intramolecular Hbond substituents is 1. The van der Waals surface area contributed by atoms with Crippen LogP contribution in [0, 0.1) is 0 Å². The molecule has 0 saturated heterocycles. The van der Waals surface area contributed by atoms with E-state index in [1.54, 1.807) is 19.2 Å². The Labute approximate surface area is 130 Å². The maximum Gasteiger partial charge on any atom is 0.129 e. The minimum Gasteiger partial charge on any atom is -0.508 e. The third-order valence-electron chi connectivity index (χ3n) is 3.86. The van der Waals surface area contributed by atoms with Crippen molar-refractivity contribution in [1.29, 1.82) is 0 Å². The maximum atomic E-state index is 9.65. The van der Waals surface area contributed by atoms with Gasteiger partial charge < -0.3 is 19.3 Å². The van der Waals surface area contributed by atoms with Gasteiger partial charge in [0, 0.05) is 17.7 Å². The number of phenols is 1. The van der Waals surface area contributed by atoms with E-state index in [2.05, 4.69) is 0 Å². The van der Waals surface area contributed by atoms with E-state index < -0.39 is 0 Å². The summed E-state index contributed by atoms with van der Waals surface area (Å²) in [6, 6.07) is 11.1. The molecule has 1 heterocycles. The van der Waals surface area contributed by atoms with Gasteiger partial charge in [-0.1, -0.05) is 6.07 Å². The zero-order valence-electron chi connectivity index (χ0n) is 12.8. The van der Waals surface area contributed by atoms with E-state index in [-0.39, 0.29) is 11.9 Å². The van der Waals surface area contributed by atoms with Crippen LogP contribution in [0.5, 0.6) is 23.0 Å². The minimum absolute atomic E-state index is 0.0817. The predicted molar refractivity (Wildman–Crippen MR) is 84.0 cm³/mol. The molecule has 22 heavy (non-hydrogen) atoms.